The van der Waals surface area contributed by atoms with E-state index in [1.165, 1.54) is 0 Å². The molecule has 0 unspecified atom stereocenters. The number of halogens is 1. The summed E-state index contributed by atoms with van der Waals surface area (Å²) in [5.74, 6) is 5.58. The van der Waals surface area contributed by atoms with E-state index in [9.17, 15) is 0 Å². The van der Waals surface area contributed by atoms with Crippen molar-refractivity contribution in [1.82, 2.24) is 0 Å². The van der Waals surface area contributed by atoms with Gasteiger partial charge in [0.15, 0.2) is 0 Å². The summed E-state index contributed by atoms with van der Waals surface area (Å²) in [6.45, 7) is 22.2. The van der Waals surface area contributed by atoms with E-state index in [1.54, 1.807) is 0 Å². The Morgan fingerprint density at radius 3 is 1.27 bits per heavy atom. The molecule has 0 aliphatic heterocycles. The molecular weight excluding hydrogens is 381 g/mol. The van der Waals surface area contributed by atoms with E-state index in [-0.39, 0.29) is 0 Å². The molecule has 0 N–H and O–H groups in total. The van der Waals surface area contributed by atoms with Crippen LogP contribution in [0.5, 0.6) is 0 Å². The second-order valence-corrected chi connectivity index (χ2v) is 7.29. The van der Waals surface area contributed by atoms with Gasteiger partial charge in [-0.1, -0.05) is 68.1 Å². The van der Waals surface area contributed by atoms with Crippen LogP contribution in [-0.4, -0.2) is 17.9 Å². The van der Waals surface area contributed by atoms with Crippen molar-refractivity contribution in [2.24, 2.45) is 34.6 Å². The Morgan fingerprint density at radius 2 is 1.09 bits per heavy atom. The van der Waals surface area contributed by atoms with Gasteiger partial charge in [0.2, 0.25) is 0 Å². The molecule has 0 bridgehead atoms. The molecule has 0 amide bonds. The molecule has 0 heterocycles. The van der Waals surface area contributed by atoms with Crippen molar-refractivity contribution in [3.63, 3.8) is 0 Å². The third-order valence-electron chi connectivity index (χ3n) is 5.04. The maximum atomic E-state index is 4.57. The molecule has 0 aromatic carbocycles. The Bertz CT molecular complexity index is 261. The van der Waals surface area contributed by atoms with Crippen LogP contribution in [0.4, 0.5) is 0 Å². The van der Waals surface area contributed by atoms with Crippen molar-refractivity contribution in [3.8, 4) is 0 Å². The zero-order valence-corrected chi connectivity index (χ0v) is 18.7. The number of aliphatic imine (C=N–C) groups is 1. The van der Waals surface area contributed by atoms with Gasteiger partial charge in [-0.05, 0) is 48.6 Å². The van der Waals surface area contributed by atoms with Crippen LogP contribution in [0.1, 0.15) is 69.2 Å². The molecule has 4 heteroatoms. The summed E-state index contributed by atoms with van der Waals surface area (Å²) < 4.78 is 0. The van der Waals surface area contributed by atoms with Gasteiger partial charge in [0.05, 0.1) is 0 Å². The van der Waals surface area contributed by atoms with Crippen molar-refractivity contribution in [3.05, 3.63) is 5.32 Å². The van der Waals surface area contributed by atoms with E-state index in [0.29, 0.717) is 12.1 Å². The molecule has 1 saturated carbocycles. The average molecular weight is 418 g/mol. The Kier molecular flexibility index (Phi) is 14.3. The molecule has 0 radical (unpaired) electrons. The molecule has 2 nitrogen and oxygen atoms in total. The molecule has 1 fully saturated rings. The SMILES string of the molecule is CC(=NC(C)C)[N-]C(C)C.CC1C(C)C(C)C(C)C1C.[Cl][Ru+2]. The Balaban J connectivity index is 0. The van der Waals surface area contributed by atoms with Gasteiger partial charge in [-0.2, -0.15) is 0 Å². The third kappa shape index (κ3) is 9.51. The van der Waals surface area contributed by atoms with Crippen LogP contribution in [0.2, 0.25) is 0 Å². The van der Waals surface area contributed by atoms with E-state index in [1.807, 2.05) is 24.2 Å². The first kappa shape index (κ1) is 24.6. The fraction of sp³-hybridized carbons (Fsp3) is 0.944. The quantitative estimate of drug-likeness (QED) is 0.280. The van der Waals surface area contributed by atoms with Gasteiger partial charge >= 0.3 is 27.0 Å². The summed E-state index contributed by atoms with van der Waals surface area (Å²) in [5.41, 5.74) is 0. The number of hydrogen-bond donors (Lipinski definition) is 0. The summed E-state index contributed by atoms with van der Waals surface area (Å²) in [4.78, 5) is 4.27. The first-order chi connectivity index (χ1) is 10.1. The summed E-state index contributed by atoms with van der Waals surface area (Å²) in [7, 11) is 4.57. The van der Waals surface area contributed by atoms with Crippen molar-refractivity contribution in [2.75, 3.05) is 0 Å². The minimum absolute atomic E-state index is 0.363. The van der Waals surface area contributed by atoms with Gasteiger partial charge in [0, 0.05) is 0 Å². The maximum absolute atomic E-state index is 4.57. The first-order valence-corrected chi connectivity index (χ1v) is 10.7. The Morgan fingerprint density at radius 1 is 0.818 bits per heavy atom. The van der Waals surface area contributed by atoms with Crippen molar-refractivity contribution >= 4 is 15.5 Å². The molecule has 0 spiro atoms. The number of rotatable bonds is 2. The van der Waals surface area contributed by atoms with Crippen LogP contribution in [0.15, 0.2) is 4.99 Å². The van der Waals surface area contributed by atoms with Crippen LogP contribution in [-0.2, 0) is 17.3 Å². The average Bonchev–Trinajstić information content (AvgIpc) is 2.58. The van der Waals surface area contributed by atoms with Gasteiger partial charge in [0.1, 0.15) is 0 Å². The molecule has 0 saturated heterocycles. The van der Waals surface area contributed by atoms with Crippen LogP contribution in [0.3, 0.4) is 0 Å². The molecule has 22 heavy (non-hydrogen) atoms. The van der Waals surface area contributed by atoms with Crippen LogP contribution < -0.4 is 0 Å². The van der Waals surface area contributed by atoms with Crippen molar-refractivity contribution < 1.29 is 17.3 Å². The molecular formula is C18H37ClN2Ru+. The number of amidine groups is 1. The van der Waals surface area contributed by atoms with Gasteiger partial charge in [-0.15, -0.1) is 0 Å². The zero-order valence-electron chi connectivity index (χ0n) is 16.2. The fourth-order valence-electron chi connectivity index (χ4n) is 3.17. The standard InChI is InChI=1S/C10H20.C8H17N2.ClH.Ru/c1-6-7(2)9(4)10(5)8(6)3;1-6(2)9-8(5)10-7(3)4;;/h6-10H,1-5H3;6-7H,1-5H3;1H;/q;-1;;+3/p-1. The van der Waals surface area contributed by atoms with E-state index in [4.69, 9.17) is 0 Å². The number of nitrogens with zero attached hydrogens (tertiary/aromatic N) is 2. The fourth-order valence-corrected chi connectivity index (χ4v) is 3.17. The summed E-state index contributed by atoms with van der Waals surface area (Å²) in [6.07, 6.45) is 0. The van der Waals surface area contributed by atoms with E-state index in [0.717, 1.165) is 35.4 Å². The van der Waals surface area contributed by atoms with Gasteiger partial charge in [-0.3, -0.25) is 0 Å². The van der Waals surface area contributed by atoms with Crippen molar-refractivity contribution in [1.29, 1.82) is 0 Å². The molecule has 1 aliphatic rings. The molecule has 0 aromatic rings. The van der Waals surface area contributed by atoms with Crippen LogP contribution in [0.25, 0.3) is 5.32 Å². The second-order valence-electron chi connectivity index (χ2n) is 7.29. The van der Waals surface area contributed by atoms with Gasteiger partial charge in [-0.25, -0.2) is 0 Å². The summed E-state index contributed by atoms with van der Waals surface area (Å²) in [6, 6.07) is 0.727. The second kappa shape index (κ2) is 12.8. The topological polar surface area (TPSA) is 26.5 Å². The predicted octanol–water partition coefficient (Wildman–Crippen LogP) is 6.46. The molecule has 0 atom stereocenters. The molecule has 133 valence electrons. The number of hydrogen-bond acceptors (Lipinski definition) is 1. The van der Waals surface area contributed by atoms with E-state index < -0.39 is 0 Å². The van der Waals surface area contributed by atoms with Gasteiger partial charge < -0.3 is 10.3 Å². The minimum atomic E-state index is 0.363. The molecule has 1 aliphatic carbocycles. The van der Waals surface area contributed by atoms with E-state index in [2.05, 4.69) is 82.3 Å². The predicted molar refractivity (Wildman–Crippen MR) is 98.4 cm³/mol. The monoisotopic (exact) mass is 418 g/mol. The van der Waals surface area contributed by atoms with Crippen LogP contribution >= 0.6 is 9.69 Å². The van der Waals surface area contributed by atoms with E-state index >= 15 is 0 Å². The Labute approximate surface area is 154 Å². The normalized spacial score (nSPS) is 31.3. The van der Waals surface area contributed by atoms with Gasteiger partial charge in [0.25, 0.3) is 0 Å². The summed E-state index contributed by atoms with van der Waals surface area (Å²) >= 11 is 1.82. The zero-order chi connectivity index (χ0) is 18.0. The van der Waals surface area contributed by atoms with Crippen LogP contribution in [0, 0.1) is 29.6 Å². The third-order valence-corrected chi connectivity index (χ3v) is 5.04. The molecule has 0 aromatic heterocycles. The summed E-state index contributed by atoms with van der Waals surface area (Å²) in [5, 5.41) is 4.27. The Hall–Kier alpha value is 0.383. The first-order valence-electron chi connectivity index (χ1n) is 8.46. The molecule has 1 rings (SSSR count). The van der Waals surface area contributed by atoms with Crippen molar-refractivity contribution in [2.45, 2.75) is 81.3 Å².